The van der Waals surface area contributed by atoms with Gasteiger partial charge in [-0.1, -0.05) is 24.1 Å². The van der Waals surface area contributed by atoms with Crippen molar-refractivity contribution in [3.8, 4) is 18.1 Å². The van der Waals surface area contributed by atoms with E-state index in [1.54, 1.807) is 23.1 Å². The second kappa shape index (κ2) is 8.28. The number of fused-ring (bicyclic) bond motifs is 1. The minimum atomic E-state index is -5.48. The van der Waals surface area contributed by atoms with Gasteiger partial charge in [0, 0.05) is 29.9 Å². The van der Waals surface area contributed by atoms with Crippen LogP contribution in [0.1, 0.15) is 21.5 Å². The molecular weight excluding hydrogens is 421 g/mol. The molecule has 0 aromatic heterocycles. The summed E-state index contributed by atoms with van der Waals surface area (Å²) in [5.74, 6) is 2.74. The third kappa shape index (κ3) is 4.52. The van der Waals surface area contributed by atoms with Gasteiger partial charge in [-0.25, -0.2) is 0 Å². The first-order valence-corrected chi connectivity index (χ1v) is 10.3. The van der Waals surface area contributed by atoms with E-state index < -0.39 is 15.5 Å². The second-order valence-corrected chi connectivity index (χ2v) is 8.17. The van der Waals surface area contributed by atoms with Crippen molar-refractivity contribution in [1.29, 1.82) is 0 Å². The number of anilines is 1. The number of ether oxygens (including phenoxy) is 1. The molecule has 30 heavy (non-hydrogen) atoms. The molecule has 2 aromatic carbocycles. The van der Waals surface area contributed by atoms with Crippen LogP contribution in [0.4, 0.5) is 18.9 Å². The number of carbonyl (C=O) groups is 1. The van der Waals surface area contributed by atoms with Crippen molar-refractivity contribution in [1.82, 2.24) is 4.90 Å². The van der Waals surface area contributed by atoms with E-state index in [9.17, 15) is 26.4 Å². The van der Waals surface area contributed by atoms with Gasteiger partial charge >= 0.3 is 15.5 Å². The van der Waals surface area contributed by atoms with Gasteiger partial charge in [-0.3, -0.25) is 9.52 Å². The Labute approximate surface area is 171 Å². The summed E-state index contributed by atoms with van der Waals surface area (Å²) in [4.78, 5) is 14.4. The van der Waals surface area contributed by atoms with Crippen LogP contribution < -0.4 is 9.46 Å². The summed E-state index contributed by atoms with van der Waals surface area (Å²) in [5.41, 5.74) is -3.69. The second-order valence-electron chi connectivity index (χ2n) is 6.50. The van der Waals surface area contributed by atoms with Crippen molar-refractivity contribution in [3.05, 3.63) is 59.2 Å². The van der Waals surface area contributed by atoms with Gasteiger partial charge in [0.25, 0.3) is 5.91 Å². The first kappa shape index (κ1) is 21.5. The number of carbonyl (C=O) groups excluding carboxylic acids is 1. The molecule has 0 unspecified atom stereocenters. The minimum Gasteiger partial charge on any atom is -0.481 e. The smallest absolute Gasteiger partial charge is 0.481 e. The molecule has 1 aliphatic heterocycles. The van der Waals surface area contributed by atoms with Gasteiger partial charge in [-0.15, -0.1) is 6.42 Å². The maximum Gasteiger partial charge on any atom is 0.516 e. The van der Waals surface area contributed by atoms with Gasteiger partial charge in [-0.2, -0.15) is 21.6 Å². The molecule has 6 nitrogen and oxygen atoms in total. The van der Waals surface area contributed by atoms with Crippen LogP contribution >= 0.6 is 0 Å². The van der Waals surface area contributed by atoms with Crippen LogP contribution in [-0.2, 0) is 23.0 Å². The molecule has 3 rings (SSSR count). The monoisotopic (exact) mass is 438 g/mol. The Hall–Kier alpha value is -3.19. The van der Waals surface area contributed by atoms with Crippen molar-refractivity contribution in [2.45, 2.75) is 18.5 Å². The fourth-order valence-electron chi connectivity index (χ4n) is 3.06. The average Bonchev–Trinajstić information content (AvgIpc) is 2.69. The quantitative estimate of drug-likeness (QED) is 0.703. The summed E-state index contributed by atoms with van der Waals surface area (Å²) in [5, 5.41) is 0. The number of nitrogens with zero attached hydrogens (tertiary/aromatic N) is 1. The van der Waals surface area contributed by atoms with Crippen LogP contribution in [-0.4, -0.2) is 37.9 Å². The number of terminal acetylenes is 1. The molecule has 0 fully saturated rings. The van der Waals surface area contributed by atoms with Crippen molar-refractivity contribution >= 4 is 21.6 Å². The molecule has 0 aliphatic carbocycles. The molecule has 0 saturated carbocycles. The molecule has 10 heteroatoms. The SMILES string of the molecule is C#CCOc1cccc2c1CCN(Cc1ccc(NS(=O)(=O)C(F)(F)F)cc1)C2=O. The molecule has 2 aromatic rings. The molecule has 1 N–H and O–H groups in total. The van der Waals surface area contributed by atoms with Crippen molar-refractivity contribution in [2.75, 3.05) is 17.9 Å². The molecule has 158 valence electrons. The van der Waals surface area contributed by atoms with Gasteiger partial charge in [0.15, 0.2) is 0 Å². The highest BCUT2D eigenvalue weighted by molar-refractivity contribution is 7.93. The number of amides is 1. The summed E-state index contributed by atoms with van der Waals surface area (Å²) < 4.78 is 66.7. The molecule has 0 bridgehead atoms. The number of sulfonamides is 1. The zero-order chi connectivity index (χ0) is 21.9. The lowest BCUT2D eigenvalue weighted by molar-refractivity contribution is -0.0429. The van der Waals surface area contributed by atoms with Gasteiger partial charge in [0.2, 0.25) is 0 Å². The van der Waals surface area contributed by atoms with Gasteiger partial charge in [0.05, 0.1) is 0 Å². The largest absolute Gasteiger partial charge is 0.516 e. The summed E-state index contributed by atoms with van der Waals surface area (Å²) in [6.07, 6.45) is 5.77. The minimum absolute atomic E-state index is 0.0960. The highest BCUT2D eigenvalue weighted by Crippen LogP contribution is 2.29. The zero-order valence-corrected chi connectivity index (χ0v) is 16.4. The van der Waals surface area contributed by atoms with Gasteiger partial charge in [-0.05, 0) is 36.2 Å². The third-order valence-corrected chi connectivity index (χ3v) is 5.59. The number of benzene rings is 2. The van der Waals surface area contributed by atoms with Crippen molar-refractivity contribution < 1.29 is 31.1 Å². The lowest BCUT2D eigenvalue weighted by Gasteiger charge is -2.29. The number of halogens is 3. The maximum atomic E-state index is 12.8. The van der Waals surface area contributed by atoms with Crippen LogP contribution in [0.15, 0.2) is 42.5 Å². The molecule has 1 aliphatic rings. The first-order valence-electron chi connectivity index (χ1n) is 8.78. The van der Waals surface area contributed by atoms with E-state index in [4.69, 9.17) is 11.2 Å². The average molecular weight is 438 g/mol. The number of hydrogen-bond donors (Lipinski definition) is 1. The van der Waals surface area contributed by atoms with Crippen molar-refractivity contribution in [3.63, 3.8) is 0 Å². The van der Waals surface area contributed by atoms with Crippen molar-refractivity contribution in [2.24, 2.45) is 0 Å². The lowest BCUT2D eigenvalue weighted by Crippen LogP contribution is -2.37. The fraction of sp³-hybridized carbons (Fsp3) is 0.250. The summed E-state index contributed by atoms with van der Waals surface area (Å²) >= 11 is 0. The Morgan fingerprint density at radius 2 is 1.87 bits per heavy atom. The molecule has 0 radical (unpaired) electrons. The van der Waals surface area contributed by atoms with Crippen LogP contribution in [0.25, 0.3) is 0 Å². The highest BCUT2D eigenvalue weighted by atomic mass is 32.2. The molecule has 1 heterocycles. The zero-order valence-electron chi connectivity index (χ0n) is 15.6. The molecule has 1 amide bonds. The molecule has 0 spiro atoms. The van der Waals surface area contributed by atoms with Crippen LogP contribution in [0.5, 0.6) is 5.75 Å². The topological polar surface area (TPSA) is 75.7 Å². The van der Waals surface area contributed by atoms with E-state index in [1.807, 2.05) is 0 Å². The van der Waals surface area contributed by atoms with E-state index in [0.717, 1.165) is 5.56 Å². The molecule has 0 saturated heterocycles. The highest BCUT2D eigenvalue weighted by Gasteiger charge is 2.46. The van der Waals surface area contributed by atoms with Crippen LogP contribution in [0, 0.1) is 12.3 Å². The summed E-state index contributed by atoms with van der Waals surface area (Å²) in [7, 11) is -5.48. The van der Waals surface area contributed by atoms with Gasteiger partial charge in [0.1, 0.15) is 12.4 Å². The number of rotatable bonds is 6. The molecule has 0 atom stereocenters. The van der Waals surface area contributed by atoms with Crippen LogP contribution in [0.3, 0.4) is 0 Å². The Morgan fingerprint density at radius 3 is 2.50 bits per heavy atom. The predicted octanol–water partition coefficient (Wildman–Crippen LogP) is 3.16. The standard InChI is InChI=1S/C20H17F3N2O4S/c1-2-12-29-18-5-3-4-17-16(18)10-11-25(19(17)26)13-14-6-8-15(9-7-14)24-30(27,28)20(21,22)23/h1,3-9,24H,10-13H2. The number of alkyl halides is 3. The van der Waals surface area contributed by atoms with Crippen LogP contribution in [0.2, 0.25) is 0 Å². The Bertz CT molecular complexity index is 1090. The normalized spacial score (nSPS) is 14.1. The van der Waals surface area contributed by atoms with E-state index in [2.05, 4.69) is 5.92 Å². The number of nitrogens with one attached hydrogen (secondary N) is 1. The Balaban J connectivity index is 1.71. The Morgan fingerprint density at radius 1 is 1.17 bits per heavy atom. The van der Waals surface area contributed by atoms with E-state index in [-0.39, 0.29) is 24.7 Å². The Kier molecular flexibility index (Phi) is 5.94. The molecular formula is C20H17F3N2O4S. The lowest BCUT2D eigenvalue weighted by atomic mass is 9.97. The van der Waals surface area contributed by atoms with Gasteiger partial charge < -0.3 is 9.64 Å². The first-order chi connectivity index (χ1) is 14.1. The summed E-state index contributed by atoms with van der Waals surface area (Å²) in [6.45, 7) is 0.740. The van der Waals surface area contributed by atoms with E-state index in [1.165, 1.54) is 29.0 Å². The van der Waals surface area contributed by atoms with E-state index in [0.29, 0.717) is 29.8 Å². The third-order valence-electron chi connectivity index (χ3n) is 4.48. The number of hydrogen-bond acceptors (Lipinski definition) is 4. The maximum absolute atomic E-state index is 12.8. The van der Waals surface area contributed by atoms with E-state index >= 15 is 0 Å². The fourth-order valence-corrected chi connectivity index (χ4v) is 3.62. The summed E-state index contributed by atoms with van der Waals surface area (Å²) in [6, 6.07) is 10.5. The predicted molar refractivity (Wildman–Crippen MR) is 104 cm³/mol.